The predicted molar refractivity (Wildman–Crippen MR) is 34.1 cm³/mol. The van der Waals surface area contributed by atoms with E-state index in [1.807, 2.05) is 0 Å². The molecule has 0 atom stereocenters. The Labute approximate surface area is 53.3 Å². The molecule has 0 aliphatic rings. The lowest BCUT2D eigenvalue weighted by molar-refractivity contribution is 0.222. The molecule has 4 N–H and O–H groups in total. The number of hydrogen-bond acceptors (Lipinski definition) is 2. The van der Waals surface area contributed by atoms with Gasteiger partial charge in [0.1, 0.15) is 0 Å². The molecular weight excluding hydrogens is 120 g/mol. The van der Waals surface area contributed by atoms with E-state index in [-0.39, 0.29) is 12.0 Å². The number of carbonyl (C=O) groups is 1. The summed E-state index contributed by atoms with van der Waals surface area (Å²) in [6.07, 6.45) is 0. The molecule has 5 nitrogen and oxygen atoms in total. The van der Waals surface area contributed by atoms with Crippen molar-refractivity contribution in [2.24, 2.45) is 5.73 Å². The summed E-state index contributed by atoms with van der Waals surface area (Å²) in [5.41, 5.74) is 4.86. The Hall–Kier alpha value is -1.26. The summed E-state index contributed by atoms with van der Waals surface area (Å²) < 4.78 is 0. The first-order valence-corrected chi connectivity index (χ1v) is 2.36. The van der Waals surface area contributed by atoms with E-state index >= 15 is 0 Å². The third-order valence-electron chi connectivity index (χ3n) is 0.648. The molecular formula is C4H10N4O. The minimum atomic E-state index is -0.387. The fourth-order valence-electron chi connectivity index (χ4n) is 0.227. The maximum absolute atomic E-state index is 10.5. The number of amides is 2. The van der Waals surface area contributed by atoms with Crippen LogP contribution in [0.25, 0.3) is 0 Å². The van der Waals surface area contributed by atoms with Gasteiger partial charge in [-0.25, -0.2) is 4.79 Å². The summed E-state index contributed by atoms with van der Waals surface area (Å²) in [4.78, 5) is 11.8. The largest absolute Gasteiger partial charge is 0.370 e. The van der Waals surface area contributed by atoms with E-state index in [2.05, 4.69) is 5.32 Å². The molecule has 0 aromatic heterocycles. The van der Waals surface area contributed by atoms with E-state index < -0.39 is 0 Å². The highest BCUT2D eigenvalue weighted by Gasteiger charge is 2.01. The van der Waals surface area contributed by atoms with Crippen molar-refractivity contribution < 1.29 is 4.79 Å². The van der Waals surface area contributed by atoms with Crippen molar-refractivity contribution in [2.75, 3.05) is 14.1 Å². The number of rotatable bonds is 0. The van der Waals surface area contributed by atoms with Crippen molar-refractivity contribution in [2.45, 2.75) is 0 Å². The minimum Gasteiger partial charge on any atom is -0.370 e. The zero-order chi connectivity index (χ0) is 7.44. The molecule has 0 aromatic carbocycles. The second-order valence-electron chi connectivity index (χ2n) is 1.74. The Morgan fingerprint density at radius 2 is 2.11 bits per heavy atom. The first-order chi connectivity index (χ1) is 4.04. The van der Waals surface area contributed by atoms with Gasteiger partial charge in [0.05, 0.1) is 0 Å². The fourth-order valence-corrected chi connectivity index (χ4v) is 0.227. The van der Waals surface area contributed by atoms with Crippen LogP contribution in [-0.4, -0.2) is 31.0 Å². The first-order valence-electron chi connectivity index (χ1n) is 2.36. The average Bonchev–Trinajstić information content (AvgIpc) is 1.63. The molecule has 0 fully saturated rings. The lowest BCUT2D eigenvalue weighted by atomic mass is 10.8. The number of nitrogens with zero attached hydrogens (tertiary/aromatic N) is 1. The summed E-state index contributed by atoms with van der Waals surface area (Å²) in [5.74, 6) is -0.339. The molecule has 0 saturated carbocycles. The zero-order valence-electron chi connectivity index (χ0n) is 5.43. The number of urea groups is 1. The van der Waals surface area contributed by atoms with Crippen LogP contribution in [0, 0.1) is 5.41 Å². The molecule has 0 aliphatic carbocycles. The van der Waals surface area contributed by atoms with E-state index in [9.17, 15) is 4.79 Å². The third-order valence-corrected chi connectivity index (χ3v) is 0.648. The van der Waals surface area contributed by atoms with Gasteiger partial charge in [0.15, 0.2) is 5.96 Å². The van der Waals surface area contributed by atoms with Crippen LogP contribution in [0.15, 0.2) is 0 Å². The van der Waals surface area contributed by atoms with Crippen LogP contribution < -0.4 is 11.1 Å². The maximum atomic E-state index is 10.5. The first kappa shape index (κ1) is 7.74. The van der Waals surface area contributed by atoms with E-state index in [1.54, 1.807) is 14.1 Å². The van der Waals surface area contributed by atoms with Gasteiger partial charge in [-0.3, -0.25) is 10.7 Å². The molecule has 0 rings (SSSR count). The molecule has 0 aliphatic heterocycles. The summed E-state index contributed by atoms with van der Waals surface area (Å²) in [7, 11) is 3.14. The lowest BCUT2D eigenvalue weighted by Crippen LogP contribution is -2.41. The van der Waals surface area contributed by atoms with E-state index in [4.69, 9.17) is 11.1 Å². The standard InChI is InChI=1S/C4H10N4O/c1-8(2)4(9)7-3(5)6/h1-2H3,(H4,5,6,7,9). The van der Waals surface area contributed by atoms with Crippen molar-refractivity contribution in [3.8, 4) is 0 Å². The summed E-state index contributed by atoms with van der Waals surface area (Å²) in [6, 6.07) is -0.387. The van der Waals surface area contributed by atoms with Crippen molar-refractivity contribution in [1.82, 2.24) is 10.2 Å². The van der Waals surface area contributed by atoms with Gasteiger partial charge in [-0.05, 0) is 0 Å². The van der Waals surface area contributed by atoms with Crippen LogP contribution in [-0.2, 0) is 0 Å². The molecule has 0 spiro atoms. The molecule has 9 heavy (non-hydrogen) atoms. The van der Waals surface area contributed by atoms with E-state index in [1.165, 1.54) is 4.90 Å². The highest BCUT2D eigenvalue weighted by atomic mass is 16.2. The SMILES string of the molecule is CN(C)C(=O)NC(=N)N. The van der Waals surface area contributed by atoms with Gasteiger partial charge < -0.3 is 10.6 Å². The lowest BCUT2D eigenvalue weighted by Gasteiger charge is -2.09. The summed E-state index contributed by atoms with van der Waals surface area (Å²) in [5, 5.41) is 8.73. The minimum absolute atomic E-state index is 0.339. The highest BCUT2D eigenvalue weighted by molar-refractivity contribution is 5.93. The average molecular weight is 130 g/mol. The quantitative estimate of drug-likeness (QED) is 0.295. The smallest absolute Gasteiger partial charge is 0.323 e. The van der Waals surface area contributed by atoms with Crippen molar-refractivity contribution in [3.05, 3.63) is 0 Å². The Kier molecular flexibility index (Phi) is 2.50. The Morgan fingerprint density at radius 3 is 2.22 bits per heavy atom. The second-order valence-corrected chi connectivity index (χ2v) is 1.74. The third kappa shape index (κ3) is 3.33. The van der Waals surface area contributed by atoms with Crippen LogP contribution in [0.2, 0.25) is 0 Å². The van der Waals surface area contributed by atoms with Crippen LogP contribution in [0.4, 0.5) is 4.79 Å². The van der Waals surface area contributed by atoms with Gasteiger partial charge in [0.2, 0.25) is 0 Å². The summed E-state index contributed by atoms with van der Waals surface area (Å²) in [6.45, 7) is 0. The van der Waals surface area contributed by atoms with E-state index in [0.29, 0.717) is 0 Å². The monoisotopic (exact) mass is 130 g/mol. The molecule has 5 heteroatoms. The number of hydrogen-bond donors (Lipinski definition) is 3. The van der Waals surface area contributed by atoms with Crippen LogP contribution >= 0.6 is 0 Å². The molecule has 2 amide bonds. The van der Waals surface area contributed by atoms with Crippen LogP contribution in [0.3, 0.4) is 0 Å². The number of nitrogens with one attached hydrogen (secondary N) is 2. The van der Waals surface area contributed by atoms with Gasteiger partial charge in [-0.1, -0.05) is 0 Å². The van der Waals surface area contributed by atoms with Gasteiger partial charge >= 0.3 is 6.03 Å². The Balaban J connectivity index is 3.64. The Morgan fingerprint density at radius 1 is 1.67 bits per heavy atom. The molecule has 0 aromatic rings. The van der Waals surface area contributed by atoms with Gasteiger partial charge in [-0.2, -0.15) is 0 Å². The molecule has 0 radical (unpaired) electrons. The molecule has 0 heterocycles. The van der Waals surface area contributed by atoms with Gasteiger partial charge in [-0.15, -0.1) is 0 Å². The van der Waals surface area contributed by atoms with Crippen LogP contribution in [0.1, 0.15) is 0 Å². The number of carbonyl (C=O) groups excluding carboxylic acids is 1. The zero-order valence-corrected chi connectivity index (χ0v) is 5.43. The number of guanidine groups is 1. The molecule has 52 valence electrons. The number of nitrogens with two attached hydrogens (primary N) is 1. The Bertz CT molecular complexity index is 131. The van der Waals surface area contributed by atoms with Crippen molar-refractivity contribution in [1.29, 1.82) is 5.41 Å². The van der Waals surface area contributed by atoms with E-state index in [0.717, 1.165) is 0 Å². The molecule has 0 bridgehead atoms. The molecule has 0 saturated heterocycles. The van der Waals surface area contributed by atoms with Crippen molar-refractivity contribution >= 4 is 12.0 Å². The highest BCUT2D eigenvalue weighted by Crippen LogP contribution is 1.73. The topological polar surface area (TPSA) is 82.2 Å². The normalized spacial score (nSPS) is 8.22. The van der Waals surface area contributed by atoms with Crippen molar-refractivity contribution in [3.63, 3.8) is 0 Å². The predicted octanol–water partition coefficient (Wildman–Crippen LogP) is -0.849. The van der Waals surface area contributed by atoms with Gasteiger partial charge in [0, 0.05) is 14.1 Å². The second kappa shape index (κ2) is 2.91. The summed E-state index contributed by atoms with van der Waals surface area (Å²) >= 11 is 0. The maximum Gasteiger partial charge on any atom is 0.323 e. The molecule has 0 unspecified atom stereocenters. The fraction of sp³-hybridized carbons (Fsp3) is 0.500. The van der Waals surface area contributed by atoms with Crippen LogP contribution in [0.5, 0.6) is 0 Å². The van der Waals surface area contributed by atoms with Gasteiger partial charge in [0.25, 0.3) is 0 Å².